The number of halogens is 1. The second-order valence-corrected chi connectivity index (χ2v) is 5.57. The lowest BCUT2D eigenvalue weighted by Gasteiger charge is -2.28. The fourth-order valence-corrected chi connectivity index (χ4v) is 2.90. The predicted octanol–water partition coefficient (Wildman–Crippen LogP) is 3.26. The van der Waals surface area contributed by atoms with Crippen molar-refractivity contribution in [1.29, 1.82) is 5.26 Å². The lowest BCUT2D eigenvalue weighted by molar-refractivity contribution is 0.0701. The Balaban J connectivity index is 1.87. The van der Waals surface area contributed by atoms with Gasteiger partial charge in [0.25, 0.3) is 5.91 Å². The zero-order valence-corrected chi connectivity index (χ0v) is 12.2. The molecule has 106 valence electrons. The number of amides is 1. The molecule has 2 heterocycles. The van der Waals surface area contributed by atoms with Gasteiger partial charge < -0.3 is 4.90 Å². The Morgan fingerprint density at radius 1 is 1.33 bits per heavy atom. The van der Waals surface area contributed by atoms with Crippen molar-refractivity contribution < 1.29 is 4.79 Å². The van der Waals surface area contributed by atoms with Crippen LogP contribution in [0.25, 0.3) is 10.8 Å². The minimum absolute atomic E-state index is 0.0576. The highest BCUT2D eigenvalue weighted by Crippen LogP contribution is 2.24. The van der Waals surface area contributed by atoms with Crippen molar-refractivity contribution in [2.75, 3.05) is 13.1 Å². The van der Waals surface area contributed by atoms with Crippen molar-refractivity contribution in [3.63, 3.8) is 0 Å². The Bertz CT molecular complexity index is 730. The van der Waals surface area contributed by atoms with Gasteiger partial charge in [0.15, 0.2) is 0 Å². The third kappa shape index (κ3) is 2.70. The smallest absolute Gasteiger partial charge is 0.272 e. The van der Waals surface area contributed by atoms with Gasteiger partial charge in [-0.15, -0.1) is 0 Å². The van der Waals surface area contributed by atoms with Crippen LogP contribution in [0.3, 0.4) is 0 Å². The van der Waals surface area contributed by atoms with Crippen LogP contribution in [-0.4, -0.2) is 28.9 Å². The van der Waals surface area contributed by atoms with E-state index in [1.165, 1.54) is 0 Å². The number of nitriles is 1. The van der Waals surface area contributed by atoms with Gasteiger partial charge in [-0.3, -0.25) is 4.79 Å². The number of fused-ring (bicyclic) bond motifs is 1. The van der Waals surface area contributed by atoms with E-state index in [-0.39, 0.29) is 11.8 Å². The molecule has 0 spiro atoms. The van der Waals surface area contributed by atoms with Gasteiger partial charge in [0.1, 0.15) is 10.8 Å². The van der Waals surface area contributed by atoms with Gasteiger partial charge in [-0.2, -0.15) is 5.26 Å². The van der Waals surface area contributed by atoms with Gasteiger partial charge in [-0.1, -0.05) is 35.9 Å². The van der Waals surface area contributed by atoms with Crippen LogP contribution >= 0.6 is 11.6 Å². The minimum Gasteiger partial charge on any atom is -0.337 e. The van der Waals surface area contributed by atoms with E-state index in [2.05, 4.69) is 11.1 Å². The third-order valence-corrected chi connectivity index (χ3v) is 4.17. The fraction of sp³-hybridized carbons (Fsp3) is 0.312. The Morgan fingerprint density at radius 3 is 2.76 bits per heavy atom. The zero-order chi connectivity index (χ0) is 14.8. The minimum atomic E-state index is -0.112. The molecule has 0 radical (unpaired) electrons. The number of piperidine rings is 1. The van der Waals surface area contributed by atoms with E-state index >= 15 is 0 Å². The number of carbonyl (C=O) groups is 1. The molecule has 1 aliphatic rings. The number of likely N-dealkylation sites (tertiary alicyclic amines) is 1. The summed E-state index contributed by atoms with van der Waals surface area (Å²) in [6.45, 7) is 1.20. The van der Waals surface area contributed by atoms with Crippen LogP contribution in [0.15, 0.2) is 30.3 Å². The molecule has 1 amide bonds. The van der Waals surface area contributed by atoms with E-state index in [9.17, 15) is 4.79 Å². The number of hydrogen-bond acceptors (Lipinski definition) is 3. The summed E-state index contributed by atoms with van der Waals surface area (Å²) in [5.41, 5.74) is 0.370. The van der Waals surface area contributed by atoms with E-state index in [1.807, 2.05) is 24.3 Å². The number of carbonyl (C=O) groups excluding carboxylic acids is 1. The van der Waals surface area contributed by atoms with Crippen LogP contribution in [0.1, 0.15) is 23.3 Å². The molecule has 3 rings (SSSR count). The van der Waals surface area contributed by atoms with Crippen molar-refractivity contribution in [1.82, 2.24) is 9.88 Å². The highest BCUT2D eigenvalue weighted by molar-refractivity contribution is 6.34. The van der Waals surface area contributed by atoms with Gasteiger partial charge in [0.05, 0.1) is 6.07 Å². The first-order valence-electron chi connectivity index (χ1n) is 6.93. The molecule has 0 N–H and O–H groups in total. The molecule has 0 atom stereocenters. The summed E-state index contributed by atoms with van der Waals surface area (Å²) < 4.78 is 0. The van der Waals surface area contributed by atoms with E-state index < -0.39 is 0 Å². The number of benzene rings is 1. The van der Waals surface area contributed by atoms with Crippen LogP contribution in [0.4, 0.5) is 0 Å². The fourth-order valence-electron chi connectivity index (χ4n) is 2.64. The van der Waals surface area contributed by atoms with Crippen molar-refractivity contribution in [2.45, 2.75) is 12.8 Å². The molecular formula is C16H14ClN3O. The van der Waals surface area contributed by atoms with Gasteiger partial charge in [-0.25, -0.2) is 4.98 Å². The summed E-state index contributed by atoms with van der Waals surface area (Å²) in [6.07, 6.45) is 1.45. The Hall–Kier alpha value is -2.12. The molecule has 0 saturated carbocycles. The summed E-state index contributed by atoms with van der Waals surface area (Å²) in [7, 11) is 0. The number of rotatable bonds is 1. The maximum absolute atomic E-state index is 12.5. The molecule has 2 aromatic rings. The van der Waals surface area contributed by atoms with E-state index in [0.29, 0.717) is 23.9 Å². The first-order valence-corrected chi connectivity index (χ1v) is 7.31. The molecule has 5 heteroatoms. The maximum Gasteiger partial charge on any atom is 0.272 e. The van der Waals surface area contributed by atoms with E-state index in [0.717, 1.165) is 23.6 Å². The second kappa shape index (κ2) is 5.71. The quantitative estimate of drug-likeness (QED) is 0.759. The van der Waals surface area contributed by atoms with Crippen LogP contribution < -0.4 is 0 Å². The standard InChI is InChI=1S/C16H14ClN3O/c17-15-13-4-2-1-3-12(13)9-14(19-15)16(21)20-7-5-11(10-18)6-8-20/h1-4,9,11H,5-8H2. The highest BCUT2D eigenvalue weighted by Gasteiger charge is 2.24. The third-order valence-electron chi connectivity index (χ3n) is 3.88. The van der Waals surface area contributed by atoms with Crippen molar-refractivity contribution in [3.05, 3.63) is 41.2 Å². The molecule has 0 bridgehead atoms. The number of aromatic nitrogens is 1. The SMILES string of the molecule is N#CC1CCN(C(=O)c2cc3ccccc3c(Cl)n2)CC1. The molecule has 0 aliphatic carbocycles. The Morgan fingerprint density at radius 2 is 2.05 bits per heavy atom. The lowest BCUT2D eigenvalue weighted by atomic mass is 9.98. The van der Waals surface area contributed by atoms with Crippen molar-refractivity contribution >= 4 is 28.3 Å². The first-order chi connectivity index (χ1) is 10.2. The first kappa shape index (κ1) is 13.8. The number of nitrogens with zero attached hydrogens (tertiary/aromatic N) is 3. The molecule has 1 aromatic heterocycles. The molecule has 1 aliphatic heterocycles. The van der Waals surface area contributed by atoms with Gasteiger partial charge in [-0.05, 0) is 24.3 Å². The summed E-state index contributed by atoms with van der Waals surface area (Å²) >= 11 is 6.17. The summed E-state index contributed by atoms with van der Waals surface area (Å²) in [5.74, 6) is -0.0544. The largest absolute Gasteiger partial charge is 0.337 e. The Labute approximate surface area is 127 Å². The zero-order valence-electron chi connectivity index (χ0n) is 11.4. The highest BCUT2D eigenvalue weighted by atomic mass is 35.5. The van der Waals surface area contributed by atoms with Crippen LogP contribution in [-0.2, 0) is 0 Å². The summed E-state index contributed by atoms with van der Waals surface area (Å²) in [6, 6.07) is 11.6. The van der Waals surface area contributed by atoms with Gasteiger partial charge >= 0.3 is 0 Å². The number of hydrogen-bond donors (Lipinski definition) is 0. The normalized spacial score (nSPS) is 15.9. The molecular weight excluding hydrogens is 286 g/mol. The second-order valence-electron chi connectivity index (χ2n) is 5.22. The van der Waals surface area contributed by atoms with E-state index in [4.69, 9.17) is 16.9 Å². The van der Waals surface area contributed by atoms with Crippen LogP contribution in [0, 0.1) is 17.2 Å². The van der Waals surface area contributed by atoms with Crippen LogP contribution in [0.5, 0.6) is 0 Å². The predicted molar refractivity (Wildman–Crippen MR) is 81.0 cm³/mol. The summed E-state index contributed by atoms with van der Waals surface area (Å²) in [4.78, 5) is 18.5. The topological polar surface area (TPSA) is 57.0 Å². The van der Waals surface area contributed by atoms with E-state index in [1.54, 1.807) is 11.0 Å². The van der Waals surface area contributed by atoms with Gasteiger partial charge in [0, 0.05) is 24.4 Å². The summed E-state index contributed by atoms with van der Waals surface area (Å²) in [5, 5.41) is 11.0. The van der Waals surface area contributed by atoms with Crippen molar-refractivity contribution in [2.24, 2.45) is 5.92 Å². The molecule has 21 heavy (non-hydrogen) atoms. The Kier molecular flexibility index (Phi) is 3.76. The lowest BCUT2D eigenvalue weighted by Crippen LogP contribution is -2.38. The van der Waals surface area contributed by atoms with Crippen molar-refractivity contribution in [3.8, 4) is 6.07 Å². The molecule has 1 fully saturated rings. The number of pyridine rings is 1. The average Bonchev–Trinajstić information content (AvgIpc) is 2.54. The maximum atomic E-state index is 12.5. The average molecular weight is 300 g/mol. The molecule has 1 saturated heterocycles. The molecule has 1 aromatic carbocycles. The van der Waals surface area contributed by atoms with Crippen LogP contribution in [0.2, 0.25) is 5.15 Å². The molecule has 4 nitrogen and oxygen atoms in total. The molecule has 0 unspecified atom stereocenters. The van der Waals surface area contributed by atoms with Gasteiger partial charge in [0.2, 0.25) is 0 Å². The monoisotopic (exact) mass is 299 g/mol.